The first-order valence-electron chi connectivity index (χ1n) is 20.3. The van der Waals surface area contributed by atoms with Crippen LogP contribution in [0.15, 0.2) is 198 Å². The number of para-hydroxylation sites is 1. The average Bonchev–Trinajstić information content (AvgIpc) is 3.66. The third kappa shape index (κ3) is 4.64. The van der Waals surface area contributed by atoms with E-state index in [-0.39, 0.29) is 29.7 Å². The molecular formula is C52H32O. The molecule has 0 unspecified atom stereocenters. The minimum Gasteiger partial charge on any atom is -0.456 e. The smallest absolute Gasteiger partial charge is 0.136 e. The molecule has 0 radical (unpaired) electrons. The molecule has 10 aromatic carbocycles. The number of hydrogen-bond donors (Lipinski definition) is 0. The van der Waals surface area contributed by atoms with E-state index in [0.29, 0.717) is 5.56 Å². The first kappa shape index (κ1) is 25.1. The van der Waals surface area contributed by atoms with Crippen LogP contribution in [-0.4, -0.2) is 0 Å². The molecular weight excluding hydrogens is 641 g/mol. The molecule has 53 heavy (non-hydrogen) atoms. The van der Waals surface area contributed by atoms with Gasteiger partial charge in [-0.3, -0.25) is 0 Å². The van der Waals surface area contributed by atoms with Gasteiger partial charge < -0.3 is 4.42 Å². The van der Waals surface area contributed by atoms with Gasteiger partial charge in [0, 0.05) is 10.8 Å². The lowest BCUT2D eigenvalue weighted by Gasteiger charge is -2.18. The van der Waals surface area contributed by atoms with Crippen LogP contribution in [0.25, 0.3) is 110 Å². The fourth-order valence-electron chi connectivity index (χ4n) is 8.44. The predicted molar refractivity (Wildman–Crippen MR) is 225 cm³/mol. The maximum absolute atomic E-state index is 8.89. The van der Waals surface area contributed by atoms with Crippen molar-refractivity contribution in [2.45, 2.75) is 0 Å². The fourth-order valence-corrected chi connectivity index (χ4v) is 8.44. The van der Waals surface area contributed by atoms with Gasteiger partial charge in [0.1, 0.15) is 11.2 Å². The Kier molecular flexibility index (Phi) is 5.58. The molecule has 0 aliphatic rings. The quantitative estimate of drug-likeness (QED) is 0.133. The monoisotopic (exact) mass is 677 g/mol. The minimum atomic E-state index is -0.399. The Morgan fingerprint density at radius 3 is 1.58 bits per heavy atom. The molecule has 0 amide bonds. The zero-order chi connectivity index (χ0) is 39.2. The number of furan rings is 1. The Morgan fingerprint density at radius 1 is 0.340 bits per heavy atom. The molecule has 1 nitrogen and oxygen atoms in total. The van der Waals surface area contributed by atoms with Crippen LogP contribution in [0, 0.1) is 0 Å². The zero-order valence-corrected chi connectivity index (χ0v) is 28.5. The second-order valence-electron chi connectivity index (χ2n) is 13.6. The van der Waals surface area contributed by atoms with E-state index in [9.17, 15) is 0 Å². The third-order valence-electron chi connectivity index (χ3n) is 10.7. The van der Waals surface area contributed by atoms with E-state index < -0.39 is 6.04 Å². The van der Waals surface area contributed by atoms with Gasteiger partial charge in [0.25, 0.3) is 0 Å². The zero-order valence-electron chi connectivity index (χ0n) is 33.5. The number of fused-ring (bicyclic) bond motifs is 8. The standard InChI is InChI=1S/C52H32O/c1-2-13-34(14-3-1)50-42-17-6-8-19-44(42)51(45-20-9-7-18-43(45)50)35-27-25-33(26-28-35)47-32-37-31-36(29-30-38(37)40-15-4-5-16-41(40)47)39-22-12-24-49-52(39)46-21-10-11-23-48(46)53-49/h1-32H/i1D,2D,3D,13D,14D. The van der Waals surface area contributed by atoms with Gasteiger partial charge in [0.05, 0.1) is 6.85 Å². The normalized spacial score (nSPS) is 13.1. The second-order valence-corrected chi connectivity index (χ2v) is 13.6. The summed E-state index contributed by atoms with van der Waals surface area (Å²) in [4.78, 5) is 0. The van der Waals surface area contributed by atoms with E-state index in [2.05, 4.69) is 109 Å². The van der Waals surface area contributed by atoms with Crippen LogP contribution in [0.5, 0.6) is 0 Å². The third-order valence-corrected chi connectivity index (χ3v) is 10.7. The molecule has 0 aliphatic heterocycles. The lowest BCUT2D eigenvalue weighted by Crippen LogP contribution is -1.91. The molecule has 11 aromatic rings. The van der Waals surface area contributed by atoms with Crippen molar-refractivity contribution in [1.82, 2.24) is 0 Å². The Bertz CT molecular complexity index is 3420. The summed E-state index contributed by atoms with van der Waals surface area (Å²) in [5.74, 6) is 0. The number of rotatable bonds is 4. The molecule has 1 heteroatoms. The van der Waals surface area contributed by atoms with Crippen LogP contribution in [0.4, 0.5) is 0 Å². The van der Waals surface area contributed by atoms with Crippen molar-refractivity contribution in [3.05, 3.63) is 194 Å². The summed E-state index contributed by atoms with van der Waals surface area (Å²) in [6.07, 6.45) is 0. The van der Waals surface area contributed by atoms with Crippen LogP contribution < -0.4 is 0 Å². The van der Waals surface area contributed by atoms with Crippen LogP contribution >= 0.6 is 0 Å². The van der Waals surface area contributed by atoms with Crippen LogP contribution in [0.1, 0.15) is 6.85 Å². The van der Waals surface area contributed by atoms with Crippen molar-refractivity contribution in [2.24, 2.45) is 0 Å². The Hall–Kier alpha value is -6.96. The van der Waals surface area contributed by atoms with Gasteiger partial charge in [-0.15, -0.1) is 0 Å². The van der Waals surface area contributed by atoms with Crippen LogP contribution in [0.3, 0.4) is 0 Å². The van der Waals surface area contributed by atoms with Crippen molar-refractivity contribution in [3.8, 4) is 44.5 Å². The molecule has 1 heterocycles. The maximum atomic E-state index is 8.89. The van der Waals surface area contributed by atoms with Crippen LogP contribution in [0.2, 0.25) is 0 Å². The van der Waals surface area contributed by atoms with Crippen molar-refractivity contribution >= 4 is 65.0 Å². The van der Waals surface area contributed by atoms with E-state index in [1.807, 2.05) is 54.6 Å². The van der Waals surface area contributed by atoms with Crippen molar-refractivity contribution < 1.29 is 11.3 Å². The minimum absolute atomic E-state index is 0.208. The Balaban J connectivity index is 1.09. The summed E-state index contributed by atoms with van der Waals surface area (Å²) >= 11 is 0. The molecule has 11 rings (SSSR count). The lowest BCUT2D eigenvalue weighted by molar-refractivity contribution is 0.669. The average molecular weight is 678 g/mol. The van der Waals surface area contributed by atoms with Gasteiger partial charge in [0.2, 0.25) is 0 Å². The van der Waals surface area contributed by atoms with Gasteiger partial charge >= 0.3 is 0 Å². The van der Waals surface area contributed by atoms with E-state index in [4.69, 9.17) is 11.3 Å². The molecule has 1 aromatic heterocycles. The summed E-state index contributed by atoms with van der Waals surface area (Å²) in [5.41, 5.74) is 9.18. The summed E-state index contributed by atoms with van der Waals surface area (Å²) in [6.45, 7) is 0. The number of benzene rings is 10. The molecule has 0 fully saturated rings. The molecule has 0 atom stereocenters. The Morgan fingerprint density at radius 2 is 0.887 bits per heavy atom. The van der Waals surface area contributed by atoms with Gasteiger partial charge in [-0.25, -0.2) is 0 Å². The highest BCUT2D eigenvalue weighted by Crippen LogP contribution is 2.45. The molecule has 0 N–H and O–H groups in total. The van der Waals surface area contributed by atoms with Crippen molar-refractivity contribution in [3.63, 3.8) is 0 Å². The van der Waals surface area contributed by atoms with E-state index in [1.165, 1.54) is 16.2 Å². The molecule has 0 spiro atoms. The highest BCUT2D eigenvalue weighted by Gasteiger charge is 2.18. The second kappa shape index (κ2) is 11.8. The molecule has 0 saturated heterocycles. The first-order chi connectivity index (χ1) is 28.4. The first-order valence-corrected chi connectivity index (χ1v) is 17.8. The van der Waals surface area contributed by atoms with E-state index in [1.54, 1.807) is 0 Å². The van der Waals surface area contributed by atoms with Crippen molar-refractivity contribution in [2.75, 3.05) is 0 Å². The highest BCUT2D eigenvalue weighted by molar-refractivity contribution is 6.22. The van der Waals surface area contributed by atoms with Gasteiger partial charge in [-0.2, -0.15) is 0 Å². The van der Waals surface area contributed by atoms with Crippen LogP contribution in [-0.2, 0) is 0 Å². The number of hydrogen-bond acceptors (Lipinski definition) is 1. The predicted octanol–water partition coefficient (Wildman–Crippen LogP) is 14.9. The topological polar surface area (TPSA) is 13.1 Å². The molecule has 246 valence electrons. The van der Waals surface area contributed by atoms with Gasteiger partial charge in [-0.1, -0.05) is 170 Å². The van der Waals surface area contributed by atoms with Crippen molar-refractivity contribution in [1.29, 1.82) is 0 Å². The summed E-state index contributed by atoms with van der Waals surface area (Å²) in [5, 5.41) is 10.5. The summed E-state index contributed by atoms with van der Waals surface area (Å²) in [7, 11) is 0. The van der Waals surface area contributed by atoms with E-state index >= 15 is 0 Å². The fraction of sp³-hybridized carbons (Fsp3) is 0. The van der Waals surface area contributed by atoms with Gasteiger partial charge in [0.15, 0.2) is 0 Å². The molecule has 0 aliphatic carbocycles. The van der Waals surface area contributed by atoms with Gasteiger partial charge in [-0.05, 0) is 112 Å². The summed E-state index contributed by atoms with van der Waals surface area (Å²) < 4.78 is 49.1. The lowest BCUT2D eigenvalue weighted by atomic mass is 9.85. The SMILES string of the molecule is [2H]c1c([2H])c([2H])c(-c2c3ccccc3c(-c3ccc(-c4cc5cc(-c6cccc7oc8ccccc8c67)ccc5c5ccccc45)cc3)c3ccccc23)c([2H])c1[2H]. The van der Waals surface area contributed by atoms with E-state index in [0.717, 1.165) is 82.3 Å². The highest BCUT2D eigenvalue weighted by atomic mass is 16.3. The summed E-state index contributed by atoms with van der Waals surface area (Å²) in [6, 6.07) is 55.4. The maximum Gasteiger partial charge on any atom is 0.136 e. The molecule has 0 saturated carbocycles. The molecule has 0 bridgehead atoms. The largest absolute Gasteiger partial charge is 0.456 e. The Labute approximate surface area is 314 Å².